The van der Waals surface area contributed by atoms with Crippen molar-refractivity contribution in [1.29, 1.82) is 0 Å². The monoisotopic (exact) mass is 555 g/mol. The van der Waals surface area contributed by atoms with Gasteiger partial charge in [-0.3, -0.25) is 4.79 Å². The van der Waals surface area contributed by atoms with E-state index in [1.807, 2.05) is 60.7 Å². The molecular weight excluding hydrogens is 521 g/mol. The van der Waals surface area contributed by atoms with Crippen molar-refractivity contribution in [2.45, 2.75) is 51.2 Å². The number of carbonyl (C=O) groups is 1. The van der Waals surface area contributed by atoms with Crippen LogP contribution in [0.4, 0.5) is 4.39 Å². The van der Waals surface area contributed by atoms with Gasteiger partial charge in [0.1, 0.15) is 11.9 Å². The van der Waals surface area contributed by atoms with Crippen LogP contribution in [0.5, 0.6) is 11.6 Å². The van der Waals surface area contributed by atoms with E-state index in [2.05, 4.69) is 0 Å². The Balaban J connectivity index is 1.07. The smallest absolute Gasteiger partial charge is 0.255 e. The van der Waals surface area contributed by atoms with Crippen molar-refractivity contribution < 1.29 is 18.7 Å². The van der Waals surface area contributed by atoms with Gasteiger partial charge in [0, 0.05) is 60.4 Å². The predicted molar refractivity (Wildman–Crippen MR) is 152 cm³/mol. The molecule has 8 nitrogen and oxygen atoms in total. The molecule has 1 unspecified atom stereocenters. The quantitative estimate of drug-likeness (QED) is 0.323. The number of aromatic nitrogens is 3. The third-order valence-corrected chi connectivity index (χ3v) is 8.42. The summed E-state index contributed by atoms with van der Waals surface area (Å²) in [7, 11) is 0. The molecule has 4 heterocycles. The fourth-order valence-electron chi connectivity index (χ4n) is 5.88. The van der Waals surface area contributed by atoms with Crippen LogP contribution in [0.15, 0.2) is 54.9 Å². The average molecular weight is 556 g/mol. The molecular formula is C32H34FN5O3. The van der Waals surface area contributed by atoms with Crippen LogP contribution in [0.3, 0.4) is 0 Å². The zero-order chi connectivity index (χ0) is 28.5. The van der Waals surface area contributed by atoms with Gasteiger partial charge in [-0.1, -0.05) is 0 Å². The lowest BCUT2D eigenvalue weighted by Crippen LogP contribution is -2.33. The van der Waals surface area contributed by atoms with Gasteiger partial charge in [0.25, 0.3) is 5.91 Å². The molecule has 3 aliphatic rings. The van der Waals surface area contributed by atoms with Crippen LogP contribution in [-0.2, 0) is 5.54 Å². The third kappa shape index (κ3) is 4.92. The number of hydrogen-bond acceptors (Lipinski definition) is 6. The minimum Gasteiger partial charge on any atom is -0.490 e. The van der Waals surface area contributed by atoms with Crippen LogP contribution in [0, 0.1) is 17.7 Å². The first kappa shape index (κ1) is 26.0. The summed E-state index contributed by atoms with van der Waals surface area (Å²) in [6.07, 6.45) is 6.22. The highest BCUT2D eigenvalue weighted by Crippen LogP contribution is 2.48. The molecule has 1 amide bonds. The number of pyridine rings is 2. The minimum atomic E-state index is -0.603. The Labute approximate surface area is 238 Å². The van der Waals surface area contributed by atoms with Crippen LogP contribution in [0.25, 0.3) is 16.9 Å². The van der Waals surface area contributed by atoms with Crippen molar-refractivity contribution >= 4 is 11.6 Å². The zero-order valence-electron chi connectivity index (χ0n) is 23.5. The molecule has 7 rings (SSSR count). The van der Waals surface area contributed by atoms with E-state index in [0.29, 0.717) is 48.5 Å². The Morgan fingerprint density at radius 3 is 2.46 bits per heavy atom. The molecule has 3 fully saturated rings. The van der Waals surface area contributed by atoms with Crippen molar-refractivity contribution in [1.82, 2.24) is 19.3 Å². The lowest BCUT2D eigenvalue weighted by molar-refractivity contribution is 0.0750. The van der Waals surface area contributed by atoms with Crippen molar-refractivity contribution in [3.05, 3.63) is 77.5 Å². The molecule has 1 aromatic carbocycles. The summed E-state index contributed by atoms with van der Waals surface area (Å²) < 4.78 is 27.7. The van der Waals surface area contributed by atoms with Crippen LogP contribution < -0.4 is 15.2 Å². The van der Waals surface area contributed by atoms with Gasteiger partial charge in [0.05, 0.1) is 23.6 Å². The molecule has 0 radical (unpaired) electrons. The van der Waals surface area contributed by atoms with E-state index in [0.717, 1.165) is 35.3 Å². The number of halogens is 1. The average Bonchev–Trinajstić information content (AvgIpc) is 3.79. The molecule has 41 heavy (non-hydrogen) atoms. The summed E-state index contributed by atoms with van der Waals surface area (Å²) in [5, 5.41) is 0. The van der Waals surface area contributed by atoms with Gasteiger partial charge >= 0.3 is 0 Å². The third-order valence-electron chi connectivity index (χ3n) is 8.42. The molecule has 2 N–H and O–H groups in total. The van der Waals surface area contributed by atoms with Gasteiger partial charge in [-0.05, 0) is 75.6 Å². The molecule has 3 atom stereocenters. The van der Waals surface area contributed by atoms with E-state index in [9.17, 15) is 9.18 Å². The minimum absolute atomic E-state index is 0.0101. The number of piperidine rings is 1. The zero-order valence-corrected chi connectivity index (χ0v) is 23.5. The first-order chi connectivity index (χ1) is 19.7. The lowest BCUT2D eigenvalue weighted by Gasteiger charge is -2.23. The van der Waals surface area contributed by atoms with Gasteiger partial charge in [-0.2, -0.15) is 0 Å². The molecule has 1 aliphatic heterocycles. The standard InChI is InChI=1S/C32H34FN5O3/c1-4-40-27-11-20(14-37-17-26(19-5-6-19)36-30(27)37)31(39)38-15-23-24(16-38)29(23)41-28-13-21(32(2,3)34)12-25(35-28)18-7-9-22(33)10-8-18/h7-14,17,19,23-24,29H,4-6,15-16,34H2,1-3H3/t23-,24+,29?. The van der Waals surface area contributed by atoms with E-state index in [1.54, 1.807) is 12.1 Å². The Morgan fingerprint density at radius 2 is 1.80 bits per heavy atom. The molecule has 2 saturated carbocycles. The maximum atomic E-state index is 13.6. The van der Waals surface area contributed by atoms with Gasteiger partial charge in [-0.15, -0.1) is 0 Å². The summed E-state index contributed by atoms with van der Waals surface area (Å²) in [5.74, 6) is 1.84. The Bertz CT molecular complexity index is 1630. The van der Waals surface area contributed by atoms with Crippen molar-refractivity contribution in [3.8, 4) is 22.9 Å². The van der Waals surface area contributed by atoms with E-state index in [4.69, 9.17) is 25.2 Å². The number of imidazole rings is 1. The Hall–Kier alpha value is -3.98. The highest BCUT2D eigenvalue weighted by atomic mass is 19.1. The second-order valence-electron chi connectivity index (χ2n) is 12.1. The number of hydrogen-bond donors (Lipinski definition) is 1. The summed E-state index contributed by atoms with van der Waals surface area (Å²) in [5.41, 5.74) is 10.6. The second-order valence-corrected chi connectivity index (χ2v) is 12.1. The molecule has 9 heteroatoms. The number of benzene rings is 1. The number of nitrogens with zero attached hydrogens (tertiary/aromatic N) is 4. The van der Waals surface area contributed by atoms with E-state index in [-0.39, 0.29) is 29.7 Å². The van der Waals surface area contributed by atoms with Crippen LogP contribution >= 0.6 is 0 Å². The Morgan fingerprint density at radius 1 is 1.07 bits per heavy atom. The van der Waals surface area contributed by atoms with Crippen LogP contribution in [0.2, 0.25) is 0 Å². The number of ether oxygens (including phenoxy) is 2. The summed E-state index contributed by atoms with van der Waals surface area (Å²) in [4.78, 5) is 25.0. The molecule has 212 valence electrons. The molecule has 4 aromatic rings. The van der Waals surface area contributed by atoms with Crippen molar-refractivity contribution in [3.63, 3.8) is 0 Å². The lowest BCUT2D eigenvalue weighted by atomic mass is 9.95. The maximum absolute atomic E-state index is 13.6. The van der Waals surface area contributed by atoms with Gasteiger partial charge in [0.15, 0.2) is 11.4 Å². The van der Waals surface area contributed by atoms with E-state index >= 15 is 0 Å². The van der Waals surface area contributed by atoms with Crippen molar-refractivity contribution in [2.24, 2.45) is 17.6 Å². The number of nitrogens with two attached hydrogens (primary N) is 1. The number of carbonyl (C=O) groups excluding carboxylic acids is 1. The van der Waals surface area contributed by atoms with Gasteiger partial charge < -0.3 is 24.5 Å². The highest BCUT2D eigenvalue weighted by molar-refractivity contribution is 5.95. The first-order valence-electron chi connectivity index (χ1n) is 14.4. The SMILES string of the molecule is CCOc1cc(C(=O)N2C[C@@H]3C(Oc4cc(C(C)(C)N)cc(-c5ccc(F)cc5)n4)[C@@H]3C2)cn2cc(C3CC3)nc12. The van der Waals surface area contributed by atoms with Gasteiger partial charge in [-0.25, -0.2) is 14.4 Å². The fraction of sp³-hybridized carbons (Fsp3) is 0.406. The predicted octanol–water partition coefficient (Wildman–Crippen LogP) is 5.15. The largest absolute Gasteiger partial charge is 0.490 e. The topological polar surface area (TPSA) is 95.0 Å². The van der Waals surface area contributed by atoms with E-state index in [1.165, 1.54) is 12.1 Å². The fourth-order valence-corrected chi connectivity index (χ4v) is 5.88. The maximum Gasteiger partial charge on any atom is 0.255 e. The molecule has 2 aliphatic carbocycles. The normalized spacial score (nSPS) is 21.7. The van der Waals surface area contributed by atoms with Gasteiger partial charge in [0.2, 0.25) is 5.88 Å². The number of rotatable bonds is 8. The van der Waals surface area contributed by atoms with Crippen LogP contribution in [0.1, 0.15) is 61.1 Å². The summed E-state index contributed by atoms with van der Waals surface area (Å²) in [6, 6.07) is 11.9. The summed E-state index contributed by atoms with van der Waals surface area (Å²) >= 11 is 0. The highest BCUT2D eigenvalue weighted by Gasteiger charge is 2.59. The number of likely N-dealkylation sites (tertiary alicyclic amines) is 1. The number of amides is 1. The second kappa shape index (κ2) is 9.55. The van der Waals surface area contributed by atoms with Crippen molar-refractivity contribution in [2.75, 3.05) is 19.7 Å². The summed E-state index contributed by atoms with van der Waals surface area (Å²) in [6.45, 7) is 7.55. The van der Waals surface area contributed by atoms with E-state index < -0.39 is 5.54 Å². The molecule has 3 aromatic heterocycles. The molecule has 0 spiro atoms. The van der Waals surface area contributed by atoms with Crippen LogP contribution in [-0.4, -0.2) is 51.0 Å². The number of fused-ring (bicyclic) bond motifs is 2. The molecule has 1 saturated heterocycles. The molecule has 0 bridgehead atoms. The first-order valence-corrected chi connectivity index (χ1v) is 14.4. The Kier molecular flexibility index (Phi) is 6.04.